The van der Waals surface area contributed by atoms with Gasteiger partial charge in [0.05, 0.1) is 5.56 Å². The zero-order chi connectivity index (χ0) is 15.1. The van der Waals surface area contributed by atoms with Crippen LogP contribution >= 0.6 is 11.6 Å². The minimum Gasteiger partial charge on any atom is -0.465 e. The van der Waals surface area contributed by atoms with Crippen molar-refractivity contribution in [2.45, 2.75) is 6.18 Å². The Morgan fingerprint density at radius 2 is 1.95 bits per heavy atom. The van der Waals surface area contributed by atoms with Gasteiger partial charge in [-0.1, -0.05) is 11.6 Å². The van der Waals surface area contributed by atoms with E-state index < -0.39 is 29.4 Å². The third-order valence-electron chi connectivity index (χ3n) is 2.48. The van der Waals surface area contributed by atoms with Gasteiger partial charge in [0.15, 0.2) is 0 Å². The normalized spacial score (nSPS) is 11.6. The fourth-order valence-electron chi connectivity index (χ4n) is 1.74. The topological polar surface area (TPSA) is 82.2 Å². The number of ketones is 1. The lowest BCUT2D eigenvalue weighted by Gasteiger charge is -2.06. The van der Waals surface area contributed by atoms with Crippen LogP contribution in [-0.2, 0) is 0 Å². The predicted octanol–water partition coefficient (Wildman–Crippen LogP) is 3.66. The van der Waals surface area contributed by atoms with E-state index in [9.17, 15) is 22.8 Å². The summed E-state index contributed by atoms with van der Waals surface area (Å²) in [5.41, 5.74) is -0.650. The zero-order valence-corrected chi connectivity index (χ0v) is 10.3. The summed E-state index contributed by atoms with van der Waals surface area (Å²) < 4.78 is 37.8. The second-order valence-electron chi connectivity index (χ2n) is 3.82. The Kier molecular flexibility index (Phi) is 3.34. The number of alkyl halides is 3. The largest absolute Gasteiger partial charge is 0.465 e. The summed E-state index contributed by atoms with van der Waals surface area (Å²) >= 11 is 5.68. The lowest BCUT2D eigenvalue weighted by Crippen LogP contribution is -2.24. The molecule has 0 aliphatic rings. The van der Waals surface area contributed by atoms with Crippen LogP contribution < -0.4 is 5.32 Å². The quantitative estimate of drug-likeness (QED) is 0.741. The van der Waals surface area contributed by atoms with Crippen molar-refractivity contribution in [3.8, 4) is 0 Å². The van der Waals surface area contributed by atoms with Gasteiger partial charge in [0.2, 0.25) is 0 Å². The Labute approximate surface area is 114 Å². The van der Waals surface area contributed by atoms with Gasteiger partial charge in [0.1, 0.15) is 5.82 Å². The van der Waals surface area contributed by atoms with Crippen LogP contribution in [0.5, 0.6) is 0 Å². The number of halogens is 4. The molecule has 5 nitrogen and oxygen atoms in total. The highest BCUT2D eigenvalue weighted by Gasteiger charge is 2.42. The molecule has 0 unspecified atom stereocenters. The third-order valence-corrected chi connectivity index (χ3v) is 2.71. The number of amides is 1. The average molecular weight is 307 g/mol. The number of fused-ring (bicyclic) bond motifs is 1. The molecule has 20 heavy (non-hydrogen) atoms. The van der Waals surface area contributed by atoms with Crippen LogP contribution in [0.3, 0.4) is 0 Å². The number of nitrogens with one attached hydrogen (secondary N) is 2. The summed E-state index contributed by atoms with van der Waals surface area (Å²) in [6.45, 7) is 0. The Hall–Kier alpha value is -2.22. The molecule has 1 aromatic carbocycles. The van der Waals surface area contributed by atoms with Gasteiger partial charge < -0.3 is 10.1 Å². The SMILES string of the molecule is O=C(O)Nc1[nH]c2ccc(Cl)cc2c1C(=O)C(F)(F)F. The maximum absolute atomic E-state index is 12.6. The van der Waals surface area contributed by atoms with Crippen molar-refractivity contribution < 1.29 is 27.9 Å². The monoisotopic (exact) mass is 306 g/mol. The molecular formula is C11H6ClF3N2O3. The second kappa shape index (κ2) is 4.71. The summed E-state index contributed by atoms with van der Waals surface area (Å²) in [6.07, 6.45) is -6.73. The summed E-state index contributed by atoms with van der Waals surface area (Å²) in [4.78, 5) is 24.4. The van der Waals surface area contributed by atoms with E-state index in [1.54, 1.807) is 5.32 Å². The average Bonchev–Trinajstić information content (AvgIpc) is 2.63. The third kappa shape index (κ3) is 2.55. The van der Waals surface area contributed by atoms with E-state index in [0.717, 1.165) is 6.07 Å². The van der Waals surface area contributed by atoms with Crippen LogP contribution in [0.1, 0.15) is 10.4 Å². The highest BCUT2D eigenvalue weighted by atomic mass is 35.5. The highest BCUT2D eigenvalue weighted by Crippen LogP contribution is 2.33. The number of carboxylic acid groups (broad SMARTS) is 1. The number of aromatic nitrogens is 1. The number of aromatic amines is 1. The number of carbonyl (C=O) groups is 2. The molecule has 1 aromatic heterocycles. The molecule has 0 atom stereocenters. The fraction of sp³-hybridized carbons (Fsp3) is 0.0909. The van der Waals surface area contributed by atoms with Gasteiger partial charge in [0, 0.05) is 15.9 Å². The first-order valence-corrected chi connectivity index (χ1v) is 5.50. The molecule has 0 aliphatic carbocycles. The van der Waals surface area contributed by atoms with E-state index in [0.29, 0.717) is 0 Å². The number of carbonyl (C=O) groups excluding carboxylic acids is 1. The first-order chi connectivity index (χ1) is 9.20. The van der Waals surface area contributed by atoms with Gasteiger partial charge in [-0.05, 0) is 18.2 Å². The van der Waals surface area contributed by atoms with E-state index in [2.05, 4.69) is 4.98 Å². The molecule has 3 N–H and O–H groups in total. The predicted molar refractivity (Wildman–Crippen MR) is 65.3 cm³/mol. The van der Waals surface area contributed by atoms with E-state index in [4.69, 9.17) is 16.7 Å². The number of hydrogen-bond acceptors (Lipinski definition) is 2. The van der Waals surface area contributed by atoms with Gasteiger partial charge >= 0.3 is 12.3 Å². The molecule has 9 heteroatoms. The maximum Gasteiger partial charge on any atom is 0.455 e. The Morgan fingerprint density at radius 1 is 1.30 bits per heavy atom. The van der Waals surface area contributed by atoms with Crippen molar-refractivity contribution in [2.75, 3.05) is 5.32 Å². The van der Waals surface area contributed by atoms with Gasteiger partial charge in [-0.15, -0.1) is 0 Å². The molecule has 0 spiro atoms. The van der Waals surface area contributed by atoms with Gasteiger partial charge in [-0.2, -0.15) is 13.2 Å². The maximum atomic E-state index is 12.6. The first kappa shape index (κ1) is 14.2. The van der Waals surface area contributed by atoms with Crippen LogP contribution in [0.15, 0.2) is 18.2 Å². The van der Waals surface area contributed by atoms with Crippen LogP contribution in [0, 0.1) is 0 Å². The standard InChI is InChI=1S/C11H6ClF3N2O3/c12-4-1-2-6-5(3-4)7(8(18)11(13,14)15)9(16-6)17-10(19)20/h1-3,16-17H,(H,19,20). The number of benzene rings is 1. The Balaban J connectivity index is 2.72. The lowest BCUT2D eigenvalue weighted by atomic mass is 10.1. The molecular weight excluding hydrogens is 301 g/mol. The molecule has 2 aromatic rings. The Morgan fingerprint density at radius 3 is 2.50 bits per heavy atom. The molecule has 0 saturated carbocycles. The second-order valence-corrected chi connectivity index (χ2v) is 4.26. The van der Waals surface area contributed by atoms with E-state index in [1.807, 2.05) is 0 Å². The molecule has 2 rings (SSSR count). The zero-order valence-electron chi connectivity index (χ0n) is 9.51. The highest BCUT2D eigenvalue weighted by molar-refractivity contribution is 6.31. The van der Waals surface area contributed by atoms with Crippen molar-refractivity contribution in [3.05, 3.63) is 28.8 Å². The van der Waals surface area contributed by atoms with Crippen molar-refractivity contribution in [2.24, 2.45) is 0 Å². The first-order valence-electron chi connectivity index (χ1n) is 5.13. The summed E-state index contributed by atoms with van der Waals surface area (Å²) in [7, 11) is 0. The van der Waals surface area contributed by atoms with Crippen molar-refractivity contribution >= 4 is 40.2 Å². The minimum absolute atomic E-state index is 0.108. The van der Waals surface area contributed by atoms with Gasteiger partial charge in [-0.3, -0.25) is 10.1 Å². The van der Waals surface area contributed by atoms with E-state index >= 15 is 0 Å². The molecule has 0 aliphatic heterocycles. The number of Topliss-reactive ketones (excluding diaryl/α,β-unsaturated/α-hetero) is 1. The van der Waals surface area contributed by atoms with Crippen molar-refractivity contribution in [1.29, 1.82) is 0 Å². The lowest BCUT2D eigenvalue weighted by molar-refractivity contribution is -0.0883. The molecule has 1 amide bonds. The molecule has 0 bridgehead atoms. The Bertz CT molecular complexity index is 709. The summed E-state index contributed by atoms with van der Waals surface area (Å²) in [6, 6.07) is 3.89. The molecule has 1 heterocycles. The number of hydrogen-bond donors (Lipinski definition) is 3. The van der Waals surface area contributed by atoms with Crippen LogP contribution in [0.2, 0.25) is 5.02 Å². The number of anilines is 1. The number of H-pyrrole nitrogens is 1. The fourth-order valence-corrected chi connectivity index (χ4v) is 1.91. The van der Waals surface area contributed by atoms with Crippen LogP contribution in [0.25, 0.3) is 10.9 Å². The molecule has 106 valence electrons. The smallest absolute Gasteiger partial charge is 0.455 e. The van der Waals surface area contributed by atoms with Gasteiger partial charge in [0.25, 0.3) is 5.78 Å². The van der Waals surface area contributed by atoms with E-state index in [-0.39, 0.29) is 15.9 Å². The van der Waals surface area contributed by atoms with Crippen molar-refractivity contribution in [1.82, 2.24) is 4.98 Å². The van der Waals surface area contributed by atoms with E-state index in [1.165, 1.54) is 12.1 Å². The molecule has 0 radical (unpaired) electrons. The van der Waals surface area contributed by atoms with Gasteiger partial charge in [-0.25, -0.2) is 4.79 Å². The number of rotatable bonds is 2. The minimum atomic E-state index is -5.13. The molecule has 0 saturated heterocycles. The van der Waals surface area contributed by atoms with Crippen LogP contribution in [0.4, 0.5) is 23.8 Å². The summed E-state index contributed by atoms with van der Waals surface area (Å²) in [5, 5.41) is 10.4. The summed E-state index contributed by atoms with van der Waals surface area (Å²) in [5.74, 6) is -2.70. The van der Waals surface area contributed by atoms with Crippen LogP contribution in [-0.4, -0.2) is 28.1 Å². The van der Waals surface area contributed by atoms with Crippen molar-refractivity contribution in [3.63, 3.8) is 0 Å². The molecule has 0 fully saturated rings.